The molecule has 0 saturated heterocycles. The molecule has 2 N–H and O–H groups in total. The van der Waals surface area contributed by atoms with Gasteiger partial charge in [-0.05, 0) is 29.9 Å². The highest BCUT2D eigenvalue weighted by Crippen LogP contribution is 2.39. The van der Waals surface area contributed by atoms with Crippen molar-refractivity contribution in [3.63, 3.8) is 0 Å². The van der Waals surface area contributed by atoms with E-state index in [1.54, 1.807) is 33.5 Å². The van der Waals surface area contributed by atoms with Crippen LogP contribution in [0, 0.1) is 0 Å². The Hall–Kier alpha value is -2.89. The first kappa shape index (κ1) is 22.8. The van der Waals surface area contributed by atoms with Crippen molar-refractivity contribution in [2.24, 2.45) is 0 Å². The van der Waals surface area contributed by atoms with Crippen LogP contribution in [0.2, 0.25) is 0 Å². The molecule has 168 valence electrons. The van der Waals surface area contributed by atoms with Crippen molar-refractivity contribution in [3.05, 3.63) is 47.5 Å². The third-order valence-electron chi connectivity index (χ3n) is 6.07. The van der Waals surface area contributed by atoms with Gasteiger partial charge in [-0.3, -0.25) is 0 Å². The maximum Gasteiger partial charge on any atom is 0.319 e. The number of hydrogen-bond donors (Lipinski definition) is 2. The number of nitrogens with one attached hydrogen (secondary N) is 2. The van der Waals surface area contributed by atoms with Crippen LogP contribution >= 0.6 is 0 Å². The summed E-state index contributed by atoms with van der Waals surface area (Å²) < 4.78 is 16.2. The van der Waals surface area contributed by atoms with E-state index in [1.165, 1.54) is 17.5 Å². The van der Waals surface area contributed by atoms with Crippen LogP contribution < -0.4 is 24.8 Å². The van der Waals surface area contributed by atoms with Gasteiger partial charge in [0, 0.05) is 24.1 Å². The van der Waals surface area contributed by atoms with Gasteiger partial charge >= 0.3 is 6.03 Å². The summed E-state index contributed by atoms with van der Waals surface area (Å²) in [6.07, 6.45) is 4.32. The number of rotatable bonds is 7. The van der Waals surface area contributed by atoms with Crippen LogP contribution in [-0.4, -0.2) is 33.4 Å². The van der Waals surface area contributed by atoms with Gasteiger partial charge in [0.2, 0.25) is 0 Å². The number of hydrogen-bond acceptors (Lipinski definition) is 4. The number of amides is 2. The molecule has 2 unspecified atom stereocenters. The summed E-state index contributed by atoms with van der Waals surface area (Å²) in [6, 6.07) is 12.1. The molecule has 0 spiro atoms. The van der Waals surface area contributed by atoms with Crippen molar-refractivity contribution < 1.29 is 19.0 Å². The minimum Gasteiger partial charge on any atom is -0.496 e. The van der Waals surface area contributed by atoms with Crippen molar-refractivity contribution in [1.29, 1.82) is 0 Å². The second-order valence-electron chi connectivity index (χ2n) is 8.32. The fourth-order valence-corrected chi connectivity index (χ4v) is 4.28. The average molecular weight is 427 g/mol. The van der Waals surface area contributed by atoms with E-state index in [2.05, 4.69) is 48.7 Å². The average Bonchev–Trinajstić information content (AvgIpc) is 2.79. The smallest absolute Gasteiger partial charge is 0.319 e. The van der Waals surface area contributed by atoms with Gasteiger partial charge in [-0.2, -0.15) is 0 Å². The number of methoxy groups -OCH3 is 3. The third-order valence-corrected chi connectivity index (χ3v) is 6.07. The van der Waals surface area contributed by atoms with E-state index in [0.29, 0.717) is 34.8 Å². The number of benzene rings is 2. The lowest BCUT2D eigenvalue weighted by Gasteiger charge is -2.33. The zero-order chi connectivity index (χ0) is 22.4. The van der Waals surface area contributed by atoms with Crippen LogP contribution in [0.5, 0.6) is 17.2 Å². The molecule has 0 radical (unpaired) electrons. The van der Waals surface area contributed by atoms with Gasteiger partial charge in [0.1, 0.15) is 22.9 Å². The molecular formula is C25H34N2O4. The fraction of sp³-hybridized carbons (Fsp3) is 0.480. The predicted octanol–water partition coefficient (Wildman–Crippen LogP) is 5.68. The highest BCUT2D eigenvalue weighted by Gasteiger charge is 2.28. The molecule has 1 fully saturated rings. The molecule has 1 aliphatic rings. The minimum absolute atomic E-state index is 0.0777. The molecule has 0 aliphatic heterocycles. The first-order valence-electron chi connectivity index (χ1n) is 10.9. The maximum atomic E-state index is 12.9. The van der Waals surface area contributed by atoms with Crippen LogP contribution in [-0.2, 0) is 0 Å². The van der Waals surface area contributed by atoms with Gasteiger partial charge < -0.3 is 24.8 Å². The summed E-state index contributed by atoms with van der Waals surface area (Å²) in [5.74, 6) is 2.37. The quantitative estimate of drug-likeness (QED) is 0.597. The van der Waals surface area contributed by atoms with Crippen LogP contribution in [0.25, 0.3) is 0 Å². The molecule has 31 heavy (non-hydrogen) atoms. The summed E-state index contributed by atoms with van der Waals surface area (Å²) in [6.45, 7) is 4.40. The number of carbonyl (C=O) groups excluding carboxylic acids is 1. The number of anilines is 1. The molecule has 2 atom stereocenters. The molecule has 2 aromatic carbocycles. The molecule has 0 bridgehead atoms. The van der Waals surface area contributed by atoms with Crippen molar-refractivity contribution in [2.45, 2.75) is 57.4 Å². The predicted molar refractivity (Wildman–Crippen MR) is 124 cm³/mol. The molecule has 2 aromatic rings. The van der Waals surface area contributed by atoms with Gasteiger partial charge in [0.15, 0.2) is 0 Å². The topological polar surface area (TPSA) is 68.8 Å². The molecule has 0 aromatic heterocycles. The van der Waals surface area contributed by atoms with E-state index < -0.39 is 0 Å². The molecule has 1 aliphatic carbocycles. The largest absolute Gasteiger partial charge is 0.496 e. The summed E-state index contributed by atoms with van der Waals surface area (Å²) in [4.78, 5) is 12.9. The second-order valence-corrected chi connectivity index (χ2v) is 8.32. The lowest BCUT2D eigenvalue weighted by molar-refractivity contribution is 0.240. The Labute approximate surface area is 185 Å². The van der Waals surface area contributed by atoms with Crippen LogP contribution in [0.3, 0.4) is 0 Å². The van der Waals surface area contributed by atoms with Gasteiger partial charge in [-0.25, -0.2) is 4.79 Å². The van der Waals surface area contributed by atoms with Gasteiger partial charge in [0.25, 0.3) is 0 Å². The minimum atomic E-state index is -0.266. The van der Waals surface area contributed by atoms with Crippen molar-refractivity contribution >= 4 is 11.7 Å². The Kier molecular flexibility index (Phi) is 7.66. The molecule has 1 saturated carbocycles. The summed E-state index contributed by atoms with van der Waals surface area (Å²) in [5.41, 5.74) is 3.10. The number of urea groups is 1. The summed E-state index contributed by atoms with van der Waals surface area (Å²) in [5, 5.41) is 6.11. The Bertz CT molecular complexity index is 855. The zero-order valence-electron chi connectivity index (χ0n) is 19.2. The number of ether oxygens (including phenoxy) is 3. The van der Waals surface area contributed by atoms with Gasteiger partial charge in [-0.15, -0.1) is 0 Å². The fourth-order valence-electron chi connectivity index (χ4n) is 4.28. The van der Waals surface area contributed by atoms with E-state index in [1.807, 2.05) is 0 Å². The van der Waals surface area contributed by atoms with Crippen LogP contribution in [0.4, 0.5) is 10.5 Å². The third kappa shape index (κ3) is 5.43. The SMILES string of the molecule is COc1cc(OC)c(NC(=O)NC2CCCCC2c2ccc(C(C)C)cc2)c(OC)c1. The number of carbonyl (C=O) groups is 1. The van der Waals surface area contributed by atoms with Crippen molar-refractivity contribution in [2.75, 3.05) is 26.6 Å². The normalized spacial score (nSPS) is 18.4. The highest BCUT2D eigenvalue weighted by molar-refractivity contribution is 5.93. The summed E-state index contributed by atoms with van der Waals surface area (Å²) >= 11 is 0. The molecule has 0 heterocycles. The van der Waals surface area contributed by atoms with Crippen LogP contribution in [0.1, 0.15) is 62.5 Å². The Balaban J connectivity index is 1.75. The molecule has 2 amide bonds. The van der Waals surface area contributed by atoms with E-state index in [0.717, 1.165) is 19.3 Å². The monoisotopic (exact) mass is 426 g/mol. The molecular weight excluding hydrogens is 392 g/mol. The van der Waals surface area contributed by atoms with E-state index in [4.69, 9.17) is 14.2 Å². The van der Waals surface area contributed by atoms with Gasteiger partial charge in [0.05, 0.1) is 21.3 Å². The second kappa shape index (κ2) is 10.4. The molecule has 6 heteroatoms. The van der Waals surface area contributed by atoms with Gasteiger partial charge in [-0.1, -0.05) is 51.0 Å². The Morgan fingerprint density at radius 3 is 2.10 bits per heavy atom. The van der Waals surface area contributed by atoms with Crippen LogP contribution in [0.15, 0.2) is 36.4 Å². The lowest BCUT2D eigenvalue weighted by Crippen LogP contribution is -2.43. The maximum absolute atomic E-state index is 12.9. The molecule has 6 nitrogen and oxygen atoms in total. The van der Waals surface area contributed by atoms with Crippen molar-refractivity contribution in [1.82, 2.24) is 5.32 Å². The van der Waals surface area contributed by atoms with E-state index >= 15 is 0 Å². The highest BCUT2D eigenvalue weighted by atomic mass is 16.5. The zero-order valence-corrected chi connectivity index (χ0v) is 19.2. The first-order chi connectivity index (χ1) is 15.0. The molecule has 3 rings (SSSR count). The van der Waals surface area contributed by atoms with E-state index in [-0.39, 0.29) is 12.1 Å². The van der Waals surface area contributed by atoms with Crippen molar-refractivity contribution in [3.8, 4) is 17.2 Å². The standard InChI is InChI=1S/C25H34N2O4/c1-16(2)17-10-12-18(13-11-17)20-8-6-7-9-21(20)26-25(28)27-24-22(30-4)14-19(29-3)15-23(24)31-5/h10-16,20-21H,6-9H2,1-5H3,(H2,26,27,28). The summed E-state index contributed by atoms with van der Waals surface area (Å²) in [7, 11) is 4.68. The Morgan fingerprint density at radius 1 is 0.935 bits per heavy atom. The Morgan fingerprint density at radius 2 is 1.55 bits per heavy atom. The first-order valence-corrected chi connectivity index (χ1v) is 10.9. The van der Waals surface area contributed by atoms with E-state index in [9.17, 15) is 4.79 Å². The lowest BCUT2D eigenvalue weighted by atomic mass is 9.79.